The fourth-order valence-corrected chi connectivity index (χ4v) is 7.57. The Morgan fingerprint density at radius 1 is 1.16 bits per heavy atom. The Kier molecular flexibility index (Phi) is 12.1. The largest absolute Gasteiger partial charge is 0.482 e. The summed E-state index contributed by atoms with van der Waals surface area (Å²) in [5.41, 5.74) is -2.91. The number of oxime groups is 1. The monoisotopic (exact) mass is 826 g/mol. The second-order valence-electron chi connectivity index (χ2n) is 13.9. The number of phosphoric acid groups is 1. The highest BCUT2D eigenvalue weighted by molar-refractivity contribution is 7.46. The van der Waals surface area contributed by atoms with Gasteiger partial charge in [-0.25, -0.2) is 27.5 Å². The zero-order chi connectivity index (χ0) is 41.2. The number of amides is 4. The molecule has 3 N–H and O–H groups in total. The number of fused-ring (bicyclic) bond motifs is 5. The smallest absolute Gasteiger partial charge is 0.472 e. The lowest BCUT2D eigenvalue weighted by atomic mass is 9.85. The van der Waals surface area contributed by atoms with E-state index < -0.39 is 98.0 Å². The number of likely N-dealkylation sites (N-methyl/N-ethyl adjacent to an activating group) is 1. The molecule has 6 rings (SSSR count). The van der Waals surface area contributed by atoms with Gasteiger partial charge < -0.3 is 58.2 Å². The molecular weight excluding hydrogens is 785 g/mol. The second-order valence-corrected chi connectivity index (χ2v) is 15.2. The molecule has 0 aliphatic carbocycles. The SMILES string of the molecule is COC1=NO[C@@]2(CC[C@H](C)N3C[C@H]2n2cc(C(=O)NCc4ccc(F)cc4F)c(=O)c(OCOC(=O)N(C)C[C@@H]4CCCN4C(=O)OCOP(=O)(O)O)c2C3=O)C1. The molecule has 5 heterocycles. The number of likely N-dealkylation sites (tertiary alicyclic amines) is 1. The number of rotatable bonds is 11. The summed E-state index contributed by atoms with van der Waals surface area (Å²) in [6.07, 6.45) is 1.42. The highest BCUT2D eigenvalue weighted by atomic mass is 31.2. The number of ether oxygens (including phenoxy) is 4. The predicted octanol–water partition coefficient (Wildman–Crippen LogP) is 2.43. The van der Waals surface area contributed by atoms with Crippen LogP contribution in [0.4, 0.5) is 18.4 Å². The summed E-state index contributed by atoms with van der Waals surface area (Å²) in [6, 6.07) is 1.18. The summed E-state index contributed by atoms with van der Waals surface area (Å²) in [5, 5.41) is 6.55. The van der Waals surface area contributed by atoms with E-state index in [2.05, 4.69) is 15.0 Å². The molecule has 1 spiro atoms. The van der Waals surface area contributed by atoms with Crippen molar-refractivity contribution < 1.29 is 70.6 Å². The highest BCUT2D eigenvalue weighted by Gasteiger charge is 2.55. The number of hydrogen-bond acceptors (Lipinski definition) is 13. The van der Waals surface area contributed by atoms with Gasteiger partial charge in [0, 0.05) is 57.1 Å². The fourth-order valence-electron chi connectivity index (χ4n) is 7.38. The lowest BCUT2D eigenvalue weighted by Crippen LogP contribution is -2.52. The molecule has 2 saturated heterocycles. The first-order valence-electron chi connectivity index (χ1n) is 17.8. The topological polar surface area (TPSA) is 237 Å². The molecule has 4 amide bonds. The minimum absolute atomic E-state index is 0.0593. The zero-order valence-corrected chi connectivity index (χ0v) is 31.9. The van der Waals surface area contributed by atoms with E-state index >= 15 is 0 Å². The molecule has 1 aromatic carbocycles. The molecule has 4 aliphatic heterocycles. The maximum absolute atomic E-state index is 14.4. The van der Waals surface area contributed by atoms with E-state index in [9.17, 15) is 37.3 Å². The van der Waals surface area contributed by atoms with Crippen LogP contribution < -0.4 is 15.5 Å². The van der Waals surface area contributed by atoms with E-state index in [4.69, 9.17) is 33.6 Å². The van der Waals surface area contributed by atoms with Crippen LogP contribution in [0.1, 0.15) is 71.5 Å². The highest BCUT2D eigenvalue weighted by Crippen LogP contribution is 2.46. The molecule has 2 aromatic rings. The van der Waals surface area contributed by atoms with E-state index in [0.29, 0.717) is 37.6 Å². The number of carbonyl (C=O) groups is 4. The summed E-state index contributed by atoms with van der Waals surface area (Å²) < 4.78 is 65.6. The quantitative estimate of drug-likeness (QED) is 0.218. The summed E-state index contributed by atoms with van der Waals surface area (Å²) in [5.74, 6) is -3.62. The molecule has 2 bridgehead atoms. The number of methoxy groups -OCH3 is 1. The van der Waals surface area contributed by atoms with Gasteiger partial charge in [-0.1, -0.05) is 11.2 Å². The van der Waals surface area contributed by atoms with Crippen LogP contribution in [0.15, 0.2) is 34.3 Å². The number of phosphoric ester groups is 1. The Hall–Kier alpha value is -5.31. The van der Waals surface area contributed by atoms with Crippen molar-refractivity contribution in [1.29, 1.82) is 0 Å². The molecule has 0 unspecified atom stereocenters. The van der Waals surface area contributed by atoms with E-state index in [1.54, 1.807) is 4.90 Å². The summed E-state index contributed by atoms with van der Waals surface area (Å²) >= 11 is 0. The van der Waals surface area contributed by atoms with E-state index in [1.807, 2.05) is 6.92 Å². The summed E-state index contributed by atoms with van der Waals surface area (Å²) in [4.78, 5) is 95.1. The predicted molar refractivity (Wildman–Crippen MR) is 189 cm³/mol. The van der Waals surface area contributed by atoms with Crippen molar-refractivity contribution in [3.63, 3.8) is 0 Å². The molecule has 310 valence electrons. The van der Waals surface area contributed by atoms with Crippen molar-refractivity contribution in [3.8, 4) is 5.75 Å². The lowest BCUT2D eigenvalue weighted by Gasteiger charge is -2.42. The maximum atomic E-state index is 14.4. The van der Waals surface area contributed by atoms with E-state index in [-0.39, 0.29) is 43.4 Å². The fraction of sp³-hybridized carbons (Fsp3) is 0.529. The molecule has 1 aromatic heterocycles. The van der Waals surface area contributed by atoms with Crippen LogP contribution in [0.5, 0.6) is 5.75 Å². The van der Waals surface area contributed by atoms with Gasteiger partial charge in [-0.3, -0.25) is 14.4 Å². The minimum atomic E-state index is -4.87. The molecule has 0 saturated carbocycles. The molecular formula is C34H41F2N6O14P. The number of halogens is 2. The maximum Gasteiger partial charge on any atom is 0.472 e. The third kappa shape index (κ3) is 8.83. The van der Waals surface area contributed by atoms with Gasteiger partial charge >= 0.3 is 20.0 Å². The molecule has 20 nitrogen and oxygen atoms in total. The van der Waals surface area contributed by atoms with Crippen LogP contribution in [-0.4, -0.2) is 124 Å². The Labute approximate surface area is 323 Å². The first-order valence-corrected chi connectivity index (χ1v) is 19.3. The summed E-state index contributed by atoms with van der Waals surface area (Å²) in [6.45, 7) is -0.197. The average Bonchev–Trinajstić information content (AvgIpc) is 3.78. The third-order valence-corrected chi connectivity index (χ3v) is 10.8. The van der Waals surface area contributed by atoms with E-state index in [1.165, 1.54) is 29.8 Å². The molecule has 57 heavy (non-hydrogen) atoms. The lowest BCUT2D eigenvalue weighted by molar-refractivity contribution is -0.0657. The number of aromatic nitrogens is 1. The van der Waals surface area contributed by atoms with Crippen LogP contribution in [0.3, 0.4) is 0 Å². The van der Waals surface area contributed by atoms with Crippen molar-refractivity contribution in [2.45, 2.75) is 69.3 Å². The molecule has 4 atom stereocenters. The van der Waals surface area contributed by atoms with E-state index in [0.717, 1.165) is 17.0 Å². The van der Waals surface area contributed by atoms with Crippen LogP contribution in [0, 0.1) is 11.6 Å². The van der Waals surface area contributed by atoms with Gasteiger partial charge in [0.15, 0.2) is 11.3 Å². The molecule has 0 radical (unpaired) electrons. The Morgan fingerprint density at radius 2 is 1.93 bits per heavy atom. The van der Waals surface area contributed by atoms with Gasteiger partial charge in [0.25, 0.3) is 11.8 Å². The number of carbonyl (C=O) groups excluding carboxylic acids is 4. The van der Waals surface area contributed by atoms with Crippen LogP contribution in [0.25, 0.3) is 0 Å². The Bertz CT molecular complexity index is 2060. The Morgan fingerprint density at radius 3 is 2.63 bits per heavy atom. The van der Waals surface area contributed by atoms with Crippen molar-refractivity contribution >= 4 is 37.7 Å². The minimum Gasteiger partial charge on any atom is -0.482 e. The Balaban J connectivity index is 1.24. The van der Waals surface area contributed by atoms with Gasteiger partial charge in [-0.05, 0) is 38.7 Å². The zero-order valence-electron chi connectivity index (χ0n) is 31.1. The number of pyridine rings is 1. The van der Waals surface area contributed by atoms with Gasteiger partial charge in [0.2, 0.25) is 30.7 Å². The molecule has 23 heteroatoms. The first-order chi connectivity index (χ1) is 27.0. The number of benzene rings is 1. The van der Waals surface area contributed by atoms with Crippen molar-refractivity contribution in [2.24, 2.45) is 5.16 Å². The van der Waals surface area contributed by atoms with Crippen LogP contribution in [-0.2, 0) is 34.7 Å². The second kappa shape index (κ2) is 16.7. The van der Waals surface area contributed by atoms with Crippen LogP contribution in [0.2, 0.25) is 0 Å². The van der Waals surface area contributed by atoms with Crippen molar-refractivity contribution in [1.82, 2.24) is 24.6 Å². The van der Waals surface area contributed by atoms with Gasteiger partial charge in [0.1, 0.15) is 17.2 Å². The standard InChI is InChI=1S/C34H41F2N6O14P/c1-19-8-9-34(12-26(51-3)38-56-34)25-16-41(19)31(45)27-29(28(43)23(15-42(25)27)30(44)37-13-20-6-7-21(35)11-24(20)36)52-17-53-32(46)39(2)14-22-5-4-10-40(22)33(47)54-18-55-57(48,49)50/h6-7,11,15,19,22,25H,4-5,8-10,12-14,16-18H2,1-3H3,(H,37,44)(H2,48,49,50)/t19-,22-,25+,34-/m0/s1. The first kappa shape index (κ1) is 41.3. The third-order valence-electron chi connectivity index (χ3n) is 10.4. The number of nitrogens with zero attached hydrogens (tertiary/aromatic N) is 5. The summed E-state index contributed by atoms with van der Waals surface area (Å²) in [7, 11) is -2.07. The van der Waals surface area contributed by atoms with Gasteiger partial charge in [-0.2, -0.15) is 0 Å². The number of nitrogens with one attached hydrogen (secondary N) is 1. The normalized spacial score (nSPS) is 22.6. The molecule has 4 aliphatic rings. The molecule has 2 fully saturated rings. The van der Waals surface area contributed by atoms with Crippen molar-refractivity contribution in [2.75, 3.05) is 47.4 Å². The van der Waals surface area contributed by atoms with Crippen LogP contribution >= 0.6 is 7.82 Å². The van der Waals surface area contributed by atoms with Gasteiger partial charge in [0.05, 0.1) is 25.6 Å². The number of hydrogen-bond donors (Lipinski definition) is 3. The van der Waals surface area contributed by atoms with Crippen molar-refractivity contribution in [3.05, 3.63) is 63.1 Å². The average molecular weight is 827 g/mol. The van der Waals surface area contributed by atoms with Gasteiger partial charge in [-0.15, -0.1) is 0 Å².